The third-order valence-electron chi connectivity index (χ3n) is 5.43. The predicted octanol–water partition coefficient (Wildman–Crippen LogP) is 5.02. The average molecular weight is 482 g/mol. The number of hydrogen-bond acceptors (Lipinski definition) is 6. The largest absolute Gasteiger partial charge is 0.391 e. The Morgan fingerprint density at radius 3 is 2.32 bits per heavy atom. The van der Waals surface area contributed by atoms with E-state index in [1.165, 1.54) is 23.0 Å². The lowest BCUT2D eigenvalue weighted by Gasteiger charge is -2.15. The molecule has 10 heteroatoms. The van der Waals surface area contributed by atoms with Gasteiger partial charge in [-0.25, -0.2) is 22.7 Å². The number of halogens is 3. The van der Waals surface area contributed by atoms with Crippen molar-refractivity contribution in [2.75, 3.05) is 18.9 Å². The van der Waals surface area contributed by atoms with E-state index in [1.54, 1.807) is 12.1 Å². The molecule has 188 valence electrons. The maximum atomic E-state index is 13.9. The first-order valence-electron chi connectivity index (χ1n) is 11.7. The molecule has 0 amide bonds. The van der Waals surface area contributed by atoms with Crippen molar-refractivity contribution in [2.24, 2.45) is 0 Å². The van der Waals surface area contributed by atoms with Crippen LogP contribution in [0.3, 0.4) is 0 Å². The van der Waals surface area contributed by atoms with Gasteiger partial charge in [0.1, 0.15) is 5.52 Å². The standard InChI is InChI=1S/C15H12F3N5.C5H10O2.2C2H6/c16-9-5-11(23-12(9)7-21-14(19)22-23)10-2-1-8(6-20-10)15(3-4-15)13(17)18;6-5-2-1-3-7-4-5;2*1-2/h1-2,5-7,13H,3-4H2,(H2,19,22);5-6H,1-4H2;2*1-2H3. The number of ether oxygens (including phenoxy) is 1. The molecule has 34 heavy (non-hydrogen) atoms. The highest BCUT2D eigenvalue weighted by Gasteiger charge is 2.52. The molecule has 1 saturated carbocycles. The highest BCUT2D eigenvalue weighted by molar-refractivity contribution is 5.64. The predicted molar refractivity (Wildman–Crippen MR) is 126 cm³/mol. The molecule has 0 spiro atoms. The Balaban J connectivity index is 0.000000313. The summed E-state index contributed by atoms with van der Waals surface area (Å²) >= 11 is 0. The van der Waals surface area contributed by atoms with Crippen LogP contribution >= 0.6 is 0 Å². The van der Waals surface area contributed by atoms with Crippen LogP contribution in [-0.4, -0.2) is 50.4 Å². The van der Waals surface area contributed by atoms with E-state index in [0.29, 0.717) is 36.4 Å². The summed E-state index contributed by atoms with van der Waals surface area (Å²) in [5, 5.41) is 12.8. The zero-order valence-electron chi connectivity index (χ0n) is 20.1. The van der Waals surface area contributed by atoms with E-state index in [2.05, 4.69) is 15.1 Å². The number of hydrogen-bond donors (Lipinski definition) is 2. The zero-order valence-corrected chi connectivity index (χ0v) is 20.1. The van der Waals surface area contributed by atoms with Crippen LogP contribution in [0.15, 0.2) is 30.6 Å². The van der Waals surface area contributed by atoms with E-state index in [0.717, 1.165) is 19.4 Å². The SMILES string of the molecule is CC.CC.Nc1ncc2c(F)cc(-c3ccc(C4(C(F)F)CC4)cn3)n2n1.OC1CCCOC1. The number of nitrogens with zero attached hydrogens (tertiary/aromatic N) is 4. The number of anilines is 1. The lowest BCUT2D eigenvalue weighted by molar-refractivity contribution is -0.00535. The van der Waals surface area contributed by atoms with Gasteiger partial charge in [0.15, 0.2) is 5.82 Å². The quantitative estimate of drug-likeness (QED) is 0.545. The third kappa shape index (κ3) is 6.24. The first kappa shape index (κ1) is 27.5. The number of alkyl halides is 2. The fraction of sp³-hybridized carbons (Fsp3) is 0.542. The van der Waals surface area contributed by atoms with Gasteiger partial charge >= 0.3 is 0 Å². The van der Waals surface area contributed by atoms with Crippen molar-refractivity contribution < 1.29 is 23.0 Å². The number of nitrogens with two attached hydrogens (primary N) is 1. The third-order valence-corrected chi connectivity index (χ3v) is 5.43. The lowest BCUT2D eigenvalue weighted by Crippen LogP contribution is -2.21. The summed E-state index contributed by atoms with van der Waals surface area (Å²) in [6.07, 6.45) is 2.96. The maximum Gasteiger partial charge on any atom is 0.248 e. The van der Waals surface area contributed by atoms with Crippen molar-refractivity contribution in [1.82, 2.24) is 19.6 Å². The minimum Gasteiger partial charge on any atom is -0.391 e. The summed E-state index contributed by atoms with van der Waals surface area (Å²) in [5.74, 6) is -0.502. The number of rotatable bonds is 3. The van der Waals surface area contributed by atoms with Gasteiger partial charge in [-0.3, -0.25) is 4.98 Å². The van der Waals surface area contributed by atoms with Gasteiger partial charge in [0.05, 0.1) is 35.7 Å². The normalized spacial score (nSPS) is 18.1. The number of aromatic nitrogens is 4. The van der Waals surface area contributed by atoms with Crippen LogP contribution in [0.2, 0.25) is 0 Å². The van der Waals surface area contributed by atoms with Crippen molar-refractivity contribution in [1.29, 1.82) is 0 Å². The van der Waals surface area contributed by atoms with Gasteiger partial charge < -0.3 is 15.6 Å². The molecule has 1 atom stereocenters. The Hall–Kier alpha value is -2.72. The molecule has 1 aliphatic heterocycles. The highest BCUT2D eigenvalue weighted by Crippen LogP contribution is 2.52. The van der Waals surface area contributed by atoms with Gasteiger partial charge in [-0.15, -0.1) is 5.10 Å². The van der Waals surface area contributed by atoms with Gasteiger partial charge in [-0.05, 0) is 37.3 Å². The van der Waals surface area contributed by atoms with Gasteiger partial charge in [-0.2, -0.15) is 0 Å². The van der Waals surface area contributed by atoms with Crippen molar-refractivity contribution in [3.8, 4) is 11.4 Å². The molecule has 0 aromatic carbocycles. The molecule has 0 bridgehead atoms. The second kappa shape index (κ2) is 12.7. The molecule has 7 nitrogen and oxygen atoms in total. The molecule has 3 N–H and O–H groups in total. The minimum atomic E-state index is -2.41. The van der Waals surface area contributed by atoms with E-state index in [9.17, 15) is 13.2 Å². The molecule has 1 unspecified atom stereocenters. The summed E-state index contributed by atoms with van der Waals surface area (Å²) in [7, 11) is 0. The summed E-state index contributed by atoms with van der Waals surface area (Å²) < 4.78 is 46.4. The zero-order chi connectivity index (χ0) is 25.3. The van der Waals surface area contributed by atoms with Crippen molar-refractivity contribution in [3.63, 3.8) is 0 Å². The molecular formula is C24H34F3N5O2. The molecular weight excluding hydrogens is 447 g/mol. The van der Waals surface area contributed by atoms with Crippen LogP contribution in [0.1, 0.15) is 58.9 Å². The minimum absolute atomic E-state index is 0.000559. The van der Waals surface area contributed by atoms with Crippen molar-refractivity contribution in [3.05, 3.63) is 42.0 Å². The first-order chi connectivity index (χ1) is 16.4. The van der Waals surface area contributed by atoms with Gasteiger partial charge in [0.2, 0.25) is 12.4 Å². The summed E-state index contributed by atoms with van der Waals surface area (Å²) in [5.41, 5.74) is 5.96. The maximum absolute atomic E-state index is 13.9. The Morgan fingerprint density at radius 1 is 1.15 bits per heavy atom. The number of pyridine rings is 1. The molecule has 2 aliphatic rings. The molecule has 1 aliphatic carbocycles. The monoisotopic (exact) mass is 481 g/mol. The first-order valence-corrected chi connectivity index (χ1v) is 11.7. The van der Waals surface area contributed by atoms with Crippen LogP contribution in [0.4, 0.5) is 19.1 Å². The van der Waals surface area contributed by atoms with Crippen LogP contribution in [0, 0.1) is 5.82 Å². The van der Waals surface area contributed by atoms with Crippen molar-refractivity contribution in [2.45, 2.75) is 71.3 Å². The summed E-state index contributed by atoms with van der Waals surface area (Å²) in [6, 6.07) is 4.48. The van der Waals surface area contributed by atoms with Crippen molar-refractivity contribution >= 4 is 11.5 Å². The second-order valence-electron chi connectivity index (χ2n) is 7.55. The highest BCUT2D eigenvalue weighted by atomic mass is 19.3. The molecule has 3 aromatic rings. The van der Waals surface area contributed by atoms with Crippen LogP contribution in [-0.2, 0) is 10.2 Å². The smallest absolute Gasteiger partial charge is 0.248 e. The average Bonchev–Trinajstić information content (AvgIpc) is 3.62. The molecule has 3 aromatic heterocycles. The topological polar surface area (TPSA) is 98.6 Å². The fourth-order valence-electron chi connectivity index (χ4n) is 3.48. The molecule has 5 rings (SSSR count). The van der Waals surface area contributed by atoms with Gasteiger partial charge in [-0.1, -0.05) is 33.8 Å². The summed E-state index contributed by atoms with van der Waals surface area (Å²) in [6.45, 7) is 9.37. The Bertz CT molecular complexity index is 1020. The number of nitrogen functional groups attached to an aromatic ring is 1. The van der Waals surface area contributed by atoms with Gasteiger partial charge in [0.25, 0.3) is 0 Å². The number of aliphatic hydroxyl groups is 1. The van der Waals surface area contributed by atoms with E-state index in [1.807, 2.05) is 27.7 Å². The Labute approximate surface area is 198 Å². The lowest BCUT2D eigenvalue weighted by atomic mass is 9.98. The summed E-state index contributed by atoms with van der Waals surface area (Å²) in [4.78, 5) is 7.96. The van der Waals surface area contributed by atoms with E-state index in [4.69, 9.17) is 15.6 Å². The number of fused-ring (bicyclic) bond motifs is 1. The molecule has 4 heterocycles. The molecule has 1 saturated heterocycles. The van der Waals surface area contributed by atoms with Crippen LogP contribution in [0.5, 0.6) is 0 Å². The Morgan fingerprint density at radius 2 is 1.85 bits per heavy atom. The van der Waals surface area contributed by atoms with Crippen LogP contribution < -0.4 is 5.73 Å². The van der Waals surface area contributed by atoms with E-state index in [-0.39, 0.29) is 17.6 Å². The molecule has 2 fully saturated rings. The number of aliphatic hydroxyl groups excluding tert-OH is 1. The fourth-order valence-corrected chi connectivity index (χ4v) is 3.48. The second-order valence-corrected chi connectivity index (χ2v) is 7.55. The van der Waals surface area contributed by atoms with E-state index < -0.39 is 17.7 Å². The van der Waals surface area contributed by atoms with Crippen LogP contribution in [0.25, 0.3) is 16.9 Å². The Kier molecular flexibility index (Phi) is 10.2. The molecule has 0 radical (unpaired) electrons. The van der Waals surface area contributed by atoms with E-state index >= 15 is 0 Å². The van der Waals surface area contributed by atoms with Gasteiger partial charge in [0, 0.05) is 18.9 Å².